The molecule has 310 valence electrons. The van der Waals surface area contributed by atoms with Crippen molar-refractivity contribution in [1.29, 1.82) is 0 Å². The van der Waals surface area contributed by atoms with Crippen molar-refractivity contribution in [3.05, 3.63) is 105 Å². The Labute approximate surface area is 354 Å². The molecule has 0 aliphatic carbocycles. The monoisotopic (exact) mass is 946 g/mol. The minimum atomic E-state index is -4.69. The Morgan fingerprint density at radius 1 is 0.862 bits per heavy atom. The molecule has 5 aromatic rings. The van der Waals surface area contributed by atoms with Crippen molar-refractivity contribution < 1.29 is 40.9 Å². The molecule has 5 rings (SSSR count). The van der Waals surface area contributed by atoms with Crippen molar-refractivity contribution in [3.8, 4) is 28.6 Å². The number of benzene rings is 4. The molecule has 0 bridgehead atoms. The van der Waals surface area contributed by atoms with Crippen molar-refractivity contribution in [3.63, 3.8) is 0 Å². The van der Waals surface area contributed by atoms with Gasteiger partial charge < -0.3 is 28.8 Å². The molecule has 0 saturated carbocycles. The third-order valence-corrected chi connectivity index (χ3v) is 12.1. The normalized spacial score (nSPS) is 12.8. The smallest absolute Gasteiger partial charge is 0.407 e. The Bertz CT molecular complexity index is 2250. The molecule has 1 aromatic heterocycles. The SMILES string of the molecule is COc1ccc(CN(Cc2ccc(OC)cc2)S(=O)(=O)c2c(N(C[C@@H](C)OC(=O)NC(C)(C)C)S(=O)[O-])ccc(I)c2-c2nnnn2Cc2ccc(OC)cc2)cc1. The number of anilines is 1. The highest BCUT2D eigenvalue weighted by atomic mass is 127. The van der Waals surface area contributed by atoms with Gasteiger partial charge in [-0.2, -0.15) is 4.31 Å². The Hall–Kier alpha value is -4.83. The fourth-order valence-corrected chi connectivity index (χ4v) is 9.23. The fourth-order valence-electron chi connectivity index (χ4n) is 5.86. The van der Waals surface area contributed by atoms with Crippen LogP contribution < -0.4 is 23.8 Å². The maximum absolute atomic E-state index is 15.6. The van der Waals surface area contributed by atoms with Crippen LogP contribution in [0.5, 0.6) is 17.2 Å². The van der Waals surface area contributed by atoms with Crippen molar-refractivity contribution in [1.82, 2.24) is 29.8 Å². The van der Waals surface area contributed by atoms with Gasteiger partial charge in [-0.05, 0) is 126 Å². The number of halogens is 1. The number of carbonyl (C=O) groups excluding carboxylic acids is 1. The van der Waals surface area contributed by atoms with E-state index in [0.717, 1.165) is 9.87 Å². The molecule has 16 nitrogen and oxygen atoms in total. The number of amides is 1. The van der Waals surface area contributed by atoms with Gasteiger partial charge in [0.05, 0.1) is 45.7 Å². The Morgan fingerprint density at radius 3 is 1.83 bits per heavy atom. The zero-order valence-corrected chi connectivity index (χ0v) is 36.8. The zero-order valence-electron chi connectivity index (χ0n) is 33.0. The maximum atomic E-state index is 15.6. The van der Waals surface area contributed by atoms with Gasteiger partial charge >= 0.3 is 6.09 Å². The Kier molecular flexibility index (Phi) is 14.7. The van der Waals surface area contributed by atoms with E-state index in [9.17, 15) is 13.6 Å². The summed E-state index contributed by atoms with van der Waals surface area (Å²) in [6.45, 7) is 6.30. The van der Waals surface area contributed by atoms with Crippen LogP contribution in [0.3, 0.4) is 0 Å². The largest absolute Gasteiger partial charge is 0.755 e. The molecule has 1 unspecified atom stereocenters. The van der Waals surface area contributed by atoms with Gasteiger partial charge in [0.15, 0.2) is 5.82 Å². The van der Waals surface area contributed by atoms with Gasteiger partial charge in [-0.25, -0.2) is 17.9 Å². The molecule has 2 atom stereocenters. The minimum absolute atomic E-state index is 0.0694. The van der Waals surface area contributed by atoms with Gasteiger partial charge in [-0.15, -0.1) is 5.10 Å². The number of tetrazole rings is 1. The van der Waals surface area contributed by atoms with Gasteiger partial charge in [0, 0.05) is 33.5 Å². The summed E-state index contributed by atoms with van der Waals surface area (Å²) in [7, 11) is -0.0658. The summed E-state index contributed by atoms with van der Waals surface area (Å²) in [6, 6.07) is 24.1. The predicted molar refractivity (Wildman–Crippen MR) is 226 cm³/mol. The van der Waals surface area contributed by atoms with Crippen molar-refractivity contribution in [2.75, 3.05) is 32.2 Å². The average Bonchev–Trinajstić information content (AvgIpc) is 3.64. The molecule has 58 heavy (non-hydrogen) atoms. The molecule has 0 fully saturated rings. The van der Waals surface area contributed by atoms with E-state index in [1.54, 1.807) is 94.6 Å². The molecule has 1 heterocycles. The lowest BCUT2D eigenvalue weighted by Crippen LogP contribution is -2.44. The second-order valence-electron chi connectivity index (χ2n) is 14.1. The zero-order chi connectivity index (χ0) is 42.2. The molecular weight excluding hydrogens is 902 g/mol. The first-order valence-corrected chi connectivity index (χ1v) is 21.4. The minimum Gasteiger partial charge on any atom is -0.755 e. The van der Waals surface area contributed by atoms with E-state index in [1.165, 1.54) is 36.2 Å². The molecular formula is C39H45IN7O9S2-. The number of rotatable bonds is 17. The van der Waals surface area contributed by atoms with Crippen LogP contribution in [-0.4, -0.2) is 87.3 Å². The standard InChI is InChI=1S/C39H46IN7O9S2/c1-26(56-38(48)41-39(2,3)4)22-47(57(49)50)34-21-20-33(40)35(37-42-43-44-46(37)25-29-12-18-32(55-7)19-13-29)36(34)58(51,52)45(23-27-8-14-30(53-5)15-9-27)24-28-10-16-31(54-6)17-11-28/h8-21,26H,22-25H2,1-7H3,(H,41,48)(H,49,50)/p-1/t26-/m1/s1. The van der Waals surface area contributed by atoms with Crippen LogP contribution in [0.4, 0.5) is 10.5 Å². The summed E-state index contributed by atoms with van der Waals surface area (Å²) in [5, 5.41) is 15.1. The first-order chi connectivity index (χ1) is 27.5. The van der Waals surface area contributed by atoms with Crippen molar-refractivity contribution in [2.45, 2.75) is 63.9 Å². The number of hydrogen-bond donors (Lipinski definition) is 1. The highest BCUT2D eigenvalue weighted by molar-refractivity contribution is 14.1. The highest BCUT2D eigenvalue weighted by Gasteiger charge is 2.36. The second-order valence-corrected chi connectivity index (χ2v) is 18.0. The van der Waals surface area contributed by atoms with Crippen LogP contribution in [0.2, 0.25) is 0 Å². The quantitative estimate of drug-likeness (QED) is 0.0857. The lowest BCUT2D eigenvalue weighted by Gasteiger charge is -2.33. The number of hydrogen-bond acceptors (Lipinski definition) is 12. The summed E-state index contributed by atoms with van der Waals surface area (Å²) in [5.74, 6) is 1.88. The number of ether oxygens (including phenoxy) is 4. The predicted octanol–water partition coefficient (Wildman–Crippen LogP) is 5.92. The van der Waals surface area contributed by atoms with E-state index in [1.807, 2.05) is 34.7 Å². The lowest BCUT2D eigenvalue weighted by atomic mass is 10.1. The summed E-state index contributed by atoms with van der Waals surface area (Å²) in [5.41, 5.74) is 1.29. The highest BCUT2D eigenvalue weighted by Crippen LogP contribution is 2.41. The van der Waals surface area contributed by atoms with Crippen LogP contribution in [0.1, 0.15) is 44.4 Å². The van der Waals surface area contributed by atoms with E-state index in [4.69, 9.17) is 18.9 Å². The molecule has 0 spiro atoms. The molecule has 4 aromatic carbocycles. The van der Waals surface area contributed by atoms with Crippen molar-refractivity contribution >= 4 is 55.7 Å². The van der Waals surface area contributed by atoms with Gasteiger partial charge in [0.2, 0.25) is 10.0 Å². The molecule has 0 radical (unpaired) electrons. The third-order valence-electron chi connectivity index (χ3n) is 8.62. The Balaban J connectivity index is 1.71. The van der Waals surface area contributed by atoms with E-state index in [-0.39, 0.29) is 41.6 Å². The molecule has 19 heteroatoms. The number of sulfonamides is 1. The molecule has 1 amide bonds. The summed E-state index contributed by atoms with van der Waals surface area (Å²) in [4.78, 5) is 12.3. The maximum Gasteiger partial charge on any atom is 0.407 e. The molecule has 0 aliphatic heterocycles. The van der Waals surface area contributed by atoms with Gasteiger partial charge in [0.1, 0.15) is 28.2 Å². The average molecular weight is 947 g/mol. The van der Waals surface area contributed by atoms with Gasteiger partial charge in [-0.3, -0.25) is 8.51 Å². The lowest BCUT2D eigenvalue weighted by molar-refractivity contribution is 0.104. The first-order valence-electron chi connectivity index (χ1n) is 17.9. The van der Waals surface area contributed by atoms with Crippen LogP contribution in [0.25, 0.3) is 11.4 Å². The fraction of sp³-hybridized carbons (Fsp3) is 0.333. The number of carbonyl (C=O) groups is 1. The van der Waals surface area contributed by atoms with E-state index in [0.29, 0.717) is 31.9 Å². The molecule has 1 N–H and O–H groups in total. The van der Waals surface area contributed by atoms with Crippen LogP contribution in [0, 0.1) is 3.57 Å². The second kappa shape index (κ2) is 19.3. The van der Waals surface area contributed by atoms with Crippen LogP contribution in [0.15, 0.2) is 89.8 Å². The number of aromatic nitrogens is 4. The topological polar surface area (TPSA) is 190 Å². The van der Waals surface area contributed by atoms with Gasteiger partial charge in [-0.1, -0.05) is 36.4 Å². The number of nitrogens with zero attached hydrogens (tertiary/aromatic N) is 6. The van der Waals surface area contributed by atoms with Gasteiger partial charge in [0.25, 0.3) is 0 Å². The molecule has 0 aliphatic rings. The van der Waals surface area contributed by atoms with Crippen LogP contribution >= 0.6 is 22.6 Å². The van der Waals surface area contributed by atoms with Crippen LogP contribution in [-0.2, 0) is 45.7 Å². The number of alkyl carbamates (subject to hydrolysis) is 1. The number of nitrogens with one attached hydrogen (secondary N) is 1. The summed E-state index contributed by atoms with van der Waals surface area (Å²) >= 11 is -1.07. The van der Waals surface area contributed by atoms with Crippen molar-refractivity contribution in [2.24, 2.45) is 0 Å². The summed E-state index contributed by atoms with van der Waals surface area (Å²) < 4.78 is 83.2. The first kappa shape index (κ1) is 44.3. The Morgan fingerprint density at radius 2 is 1.36 bits per heavy atom. The van der Waals surface area contributed by atoms with E-state index in [2.05, 4.69) is 20.8 Å². The summed E-state index contributed by atoms with van der Waals surface area (Å²) in [6.07, 6.45) is -1.79. The van der Waals surface area contributed by atoms with E-state index < -0.39 is 45.6 Å². The number of methoxy groups -OCH3 is 3. The molecule has 0 saturated heterocycles. The van der Waals surface area contributed by atoms with E-state index >= 15 is 8.42 Å². The third kappa shape index (κ3) is 11.2.